The first-order chi connectivity index (χ1) is 23.5. The van der Waals surface area contributed by atoms with Crippen LogP contribution in [0.15, 0.2) is 90.5 Å². The maximum Gasteiger partial charge on any atom is 0.416 e. The van der Waals surface area contributed by atoms with Gasteiger partial charge in [0.15, 0.2) is 0 Å². The summed E-state index contributed by atoms with van der Waals surface area (Å²) in [5.41, 5.74) is 0.685. The van der Waals surface area contributed by atoms with E-state index in [9.17, 15) is 31.9 Å². The summed E-state index contributed by atoms with van der Waals surface area (Å²) in [6.45, 7) is 1.73. The number of alkyl halides is 3. The van der Waals surface area contributed by atoms with E-state index in [-0.39, 0.29) is 30.1 Å². The van der Waals surface area contributed by atoms with Crippen LogP contribution in [0.1, 0.15) is 58.4 Å². The van der Waals surface area contributed by atoms with Crippen LogP contribution in [0.2, 0.25) is 0 Å². The van der Waals surface area contributed by atoms with E-state index in [1.165, 1.54) is 35.2 Å². The Bertz CT molecular complexity index is 1930. The molecule has 3 amide bonds. The van der Waals surface area contributed by atoms with Crippen LogP contribution in [0.5, 0.6) is 0 Å². The highest BCUT2D eigenvalue weighted by Crippen LogP contribution is 2.44. The van der Waals surface area contributed by atoms with Crippen LogP contribution in [-0.4, -0.2) is 46.3 Å². The van der Waals surface area contributed by atoms with E-state index in [0.29, 0.717) is 34.4 Å². The SMILES string of the molecule is CCN1C(=O)[C@@H](NC(=O)c2cccc(C(F)(F)F)c2)[C@@H](c2ccc(F)cc2)c2c(CNC(=O)/C(C=N)=C/C3CC3)nn(-c3ccccc3)c21. The molecule has 252 valence electrons. The molecule has 9 nitrogen and oxygen atoms in total. The zero-order valence-electron chi connectivity index (χ0n) is 26.3. The molecule has 3 N–H and O–H groups in total. The fourth-order valence-electron chi connectivity index (χ4n) is 6.02. The molecule has 0 saturated heterocycles. The second-order valence-corrected chi connectivity index (χ2v) is 11.9. The molecule has 1 saturated carbocycles. The molecule has 0 spiro atoms. The van der Waals surface area contributed by atoms with Crippen molar-refractivity contribution in [2.24, 2.45) is 5.92 Å². The number of rotatable bonds is 10. The maximum absolute atomic E-state index is 14.4. The number of hydrogen-bond acceptors (Lipinski definition) is 5. The van der Waals surface area contributed by atoms with Gasteiger partial charge in [-0.2, -0.15) is 18.3 Å². The Morgan fingerprint density at radius 2 is 1.73 bits per heavy atom. The number of aromatic nitrogens is 2. The number of likely N-dealkylation sites (N-methyl/N-ethyl adjacent to an activating group) is 1. The Kier molecular flexibility index (Phi) is 9.18. The van der Waals surface area contributed by atoms with Crippen LogP contribution in [0.4, 0.5) is 23.4 Å². The van der Waals surface area contributed by atoms with Gasteiger partial charge in [0.05, 0.1) is 29.1 Å². The lowest BCUT2D eigenvalue weighted by Crippen LogP contribution is -2.55. The van der Waals surface area contributed by atoms with Crippen molar-refractivity contribution in [3.05, 3.63) is 124 Å². The summed E-state index contributed by atoms with van der Waals surface area (Å²) >= 11 is 0. The number of nitrogens with zero attached hydrogens (tertiary/aromatic N) is 3. The minimum Gasteiger partial charge on any atom is -0.346 e. The van der Waals surface area contributed by atoms with Gasteiger partial charge in [0.25, 0.3) is 17.7 Å². The Labute approximate surface area is 279 Å². The van der Waals surface area contributed by atoms with Crippen molar-refractivity contribution < 1.29 is 31.9 Å². The zero-order valence-corrected chi connectivity index (χ0v) is 26.3. The van der Waals surface area contributed by atoms with Gasteiger partial charge in [-0.15, -0.1) is 0 Å². The number of halogens is 4. The molecule has 0 unspecified atom stereocenters. The van der Waals surface area contributed by atoms with Crippen LogP contribution in [0.3, 0.4) is 0 Å². The first-order valence-corrected chi connectivity index (χ1v) is 15.7. The van der Waals surface area contributed by atoms with E-state index in [4.69, 9.17) is 10.5 Å². The largest absolute Gasteiger partial charge is 0.416 e. The molecule has 1 aliphatic heterocycles. The Morgan fingerprint density at radius 3 is 2.37 bits per heavy atom. The lowest BCUT2D eigenvalue weighted by Gasteiger charge is -2.38. The summed E-state index contributed by atoms with van der Waals surface area (Å²) in [5, 5.41) is 18.1. The molecular formula is C36H32F4N6O3. The zero-order chi connectivity index (χ0) is 34.9. The van der Waals surface area contributed by atoms with Crippen molar-refractivity contribution in [1.29, 1.82) is 5.41 Å². The highest BCUT2D eigenvalue weighted by atomic mass is 19.4. The van der Waals surface area contributed by atoms with Crippen LogP contribution in [-0.2, 0) is 22.3 Å². The molecule has 13 heteroatoms. The number of benzene rings is 3. The molecule has 3 aromatic carbocycles. The van der Waals surface area contributed by atoms with Crippen molar-refractivity contribution in [2.75, 3.05) is 11.4 Å². The number of amides is 3. The second-order valence-electron chi connectivity index (χ2n) is 11.9. The molecular weight excluding hydrogens is 640 g/mol. The molecule has 4 aromatic rings. The summed E-state index contributed by atoms with van der Waals surface area (Å²) in [5.74, 6) is -2.90. The second kappa shape index (κ2) is 13.5. The van der Waals surface area contributed by atoms with E-state index in [2.05, 4.69) is 10.6 Å². The van der Waals surface area contributed by atoms with Crippen LogP contribution >= 0.6 is 0 Å². The molecule has 49 heavy (non-hydrogen) atoms. The minimum atomic E-state index is -4.70. The quantitative estimate of drug-likeness (QED) is 0.110. The number of hydrogen-bond donors (Lipinski definition) is 3. The van der Waals surface area contributed by atoms with Gasteiger partial charge in [0.1, 0.15) is 17.7 Å². The fourth-order valence-corrected chi connectivity index (χ4v) is 6.02. The molecule has 0 bridgehead atoms. The minimum absolute atomic E-state index is 0.129. The van der Waals surface area contributed by atoms with E-state index in [1.807, 2.05) is 6.07 Å². The standard InChI is InChI=1S/C36H32F4N6O3/c1-2-45-34-30(28(44-46(34)27-9-4-3-5-10-27)20-42-32(47)24(19-41)17-21-11-12-21)29(22-13-15-26(37)16-14-22)31(35(45)49)43-33(48)23-7-6-8-25(18-23)36(38,39)40/h3-10,13-19,21,29,31,41H,2,11-12,20H2,1H3,(H,42,47)(H,43,48)/b24-17+,41-19?/t29-,31-/m0/s1. The van der Waals surface area contributed by atoms with E-state index >= 15 is 0 Å². The molecule has 2 atom stereocenters. The molecule has 2 heterocycles. The average Bonchev–Trinajstić information content (AvgIpc) is 3.85. The first kappa shape index (κ1) is 33.3. The normalized spacial score (nSPS) is 17.8. The third-order valence-electron chi connectivity index (χ3n) is 8.56. The Hall–Kier alpha value is -5.59. The van der Waals surface area contributed by atoms with Gasteiger partial charge in [-0.25, -0.2) is 9.07 Å². The molecule has 6 rings (SSSR count). The van der Waals surface area contributed by atoms with E-state index in [1.54, 1.807) is 41.9 Å². The molecule has 1 aliphatic carbocycles. The van der Waals surface area contributed by atoms with Gasteiger partial charge in [-0.05, 0) is 73.7 Å². The molecule has 1 fully saturated rings. The van der Waals surface area contributed by atoms with Crippen LogP contribution in [0, 0.1) is 17.1 Å². The fraction of sp³-hybridized carbons (Fsp3) is 0.250. The Balaban J connectivity index is 1.49. The lowest BCUT2D eigenvalue weighted by molar-refractivity contribution is -0.137. The molecule has 2 aliphatic rings. The highest BCUT2D eigenvalue weighted by molar-refractivity contribution is 6.11. The average molecular weight is 673 g/mol. The third kappa shape index (κ3) is 6.87. The van der Waals surface area contributed by atoms with E-state index in [0.717, 1.165) is 31.2 Å². The molecule has 1 aromatic heterocycles. The van der Waals surface area contributed by atoms with Gasteiger partial charge in [0.2, 0.25) is 0 Å². The predicted molar refractivity (Wildman–Crippen MR) is 174 cm³/mol. The van der Waals surface area contributed by atoms with E-state index < -0.39 is 47.2 Å². The smallest absolute Gasteiger partial charge is 0.346 e. The van der Waals surface area contributed by atoms with Crippen molar-refractivity contribution in [3.63, 3.8) is 0 Å². The summed E-state index contributed by atoms with van der Waals surface area (Å²) in [6, 6.07) is 16.9. The molecule has 0 radical (unpaired) electrons. The number of carbonyl (C=O) groups excluding carboxylic acids is 3. The first-order valence-electron chi connectivity index (χ1n) is 15.7. The summed E-state index contributed by atoms with van der Waals surface area (Å²) < 4.78 is 56.3. The number of allylic oxidation sites excluding steroid dienone is 1. The van der Waals surface area contributed by atoms with Crippen molar-refractivity contribution >= 4 is 29.8 Å². The number of anilines is 1. The number of fused-ring (bicyclic) bond motifs is 1. The van der Waals surface area contributed by atoms with Crippen LogP contribution in [0.25, 0.3) is 5.69 Å². The lowest BCUT2D eigenvalue weighted by atomic mass is 9.80. The number of nitrogens with one attached hydrogen (secondary N) is 3. The topological polar surface area (TPSA) is 120 Å². The van der Waals surface area contributed by atoms with Gasteiger partial charge >= 0.3 is 6.18 Å². The summed E-state index contributed by atoms with van der Waals surface area (Å²) in [7, 11) is 0. The predicted octanol–water partition coefficient (Wildman–Crippen LogP) is 5.93. The van der Waals surface area contributed by atoms with Crippen LogP contribution < -0.4 is 15.5 Å². The maximum atomic E-state index is 14.4. The van der Waals surface area contributed by atoms with Gasteiger partial charge in [0, 0.05) is 29.8 Å². The number of carbonyl (C=O) groups is 3. The van der Waals surface area contributed by atoms with Gasteiger partial charge in [-0.3, -0.25) is 19.3 Å². The summed E-state index contributed by atoms with van der Waals surface area (Å²) in [4.78, 5) is 42.6. The van der Waals surface area contributed by atoms with Crippen molar-refractivity contribution in [3.8, 4) is 5.69 Å². The van der Waals surface area contributed by atoms with Crippen molar-refractivity contribution in [1.82, 2.24) is 20.4 Å². The monoisotopic (exact) mass is 672 g/mol. The van der Waals surface area contributed by atoms with Gasteiger partial charge < -0.3 is 16.0 Å². The van der Waals surface area contributed by atoms with Crippen molar-refractivity contribution in [2.45, 2.75) is 44.4 Å². The number of para-hydroxylation sites is 1. The highest BCUT2D eigenvalue weighted by Gasteiger charge is 2.46. The Morgan fingerprint density at radius 1 is 1.02 bits per heavy atom. The summed E-state index contributed by atoms with van der Waals surface area (Å²) in [6.07, 6.45) is -0.0818. The van der Waals surface area contributed by atoms with Gasteiger partial charge in [-0.1, -0.05) is 42.5 Å². The third-order valence-corrected chi connectivity index (χ3v) is 8.56.